The van der Waals surface area contributed by atoms with Crippen LogP contribution in [0.15, 0.2) is 23.3 Å². The summed E-state index contributed by atoms with van der Waals surface area (Å²) in [6.07, 6.45) is 5.86. The average Bonchev–Trinajstić information content (AvgIpc) is 3.53. The highest BCUT2D eigenvalue weighted by molar-refractivity contribution is 14.0. The van der Waals surface area contributed by atoms with Gasteiger partial charge in [0.25, 0.3) is 0 Å². The number of pyridine rings is 1. The standard InChI is InChI=1S/C21H35N5O2.HI/c1-3-22-21(23-9-4-11-27-16-18-5-6-18)25-14-19-7-8-20(24-13-19)26-10-12-28-17(2)15-26;/h7-8,13,17-18H,3-6,9-12,14-16H2,1-2H3,(H2,22,23,25);1H. The van der Waals surface area contributed by atoms with Crippen molar-refractivity contribution in [3.8, 4) is 0 Å². The molecule has 2 N–H and O–H groups in total. The summed E-state index contributed by atoms with van der Waals surface area (Å²) in [5.41, 5.74) is 1.11. The second kappa shape index (κ2) is 13.2. The molecule has 1 unspecified atom stereocenters. The lowest BCUT2D eigenvalue weighted by Crippen LogP contribution is -2.41. The largest absolute Gasteiger partial charge is 0.381 e. The van der Waals surface area contributed by atoms with Gasteiger partial charge in [0.1, 0.15) is 5.82 Å². The maximum Gasteiger partial charge on any atom is 0.191 e. The molecular weight excluding hydrogens is 481 g/mol. The molecule has 3 rings (SSSR count). The summed E-state index contributed by atoms with van der Waals surface area (Å²) in [5.74, 6) is 2.69. The van der Waals surface area contributed by atoms with Gasteiger partial charge in [-0.1, -0.05) is 6.07 Å². The first-order valence-corrected chi connectivity index (χ1v) is 10.7. The molecule has 1 aliphatic heterocycles. The molecule has 0 bridgehead atoms. The second-order valence-electron chi connectivity index (χ2n) is 7.65. The molecule has 164 valence electrons. The van der Waals surface area contributed by atoms with E-state index in [-0.39, 0.29) is 30.1 Å². The number of aliphatic imine (C=N–C) groups is 1. The van der Waals surface area contributed by atoms with E-state index in [1.807, 2.05) is 6.20 Å². The molecule has 2 fully saturated rings. The Labute approximate surface area is 192 Å². The zero-order valence-corrected chi connectivity index (χ0v) is 20.1. The van der Waals surface area contributed by atoms with E-state index in [2.05, 4.69) is 51.5 Å². The molecule has 1 aliphatic carbocycles. The fourth-order valence-corrected chi connectivity index (χ4v) is 3.15. The monoisotopic (exact) mass is 517 g/mol. The summed E-state index contributed by atoms with van der Waals surface area (Å²) in [6.45, 7) is 10.8. The van der Waals surface area contributed by atoms with Gasteiger partial charge in [-0.05, 0) is 50.7 Å². The van der Waals surface area contributed by atoms with Gasteiger partial charge in [-0.2, -0.15) is 0 Å². The van der Waals surface area contributed by atoms with Crippen molar-refractivity contribution in [3.05, 3.63) is 23.9 Å². The third-order valence-electron chi connectivity index (χ3n) is 4.95. The number of morpholine rings is 1. The van der Waals surface area contributed by atoms with Crippen molar-refractivity contribution < 1.29 is 9.47 Å². The number of hydrogen-bond donors (Lipinski definition) is 2. The lowest BCUT2D eigenvalue weighted by atomic mass is 10.2. The molecular formula is C21H36IN5O2. The SMILES string of the molecule is CCNC(=NCc1ccc(N2CCOC(C)C2)nc1)NCCCOCC1CC1.I. The molecule has 0 spiro atoms. The third-order valence-corrected chi connectivity index (χ3v) is 4.95. The Hall–Kier alpha value is -1.13. The minimum Gasteiger partial charge on any atom is -0.381 e. The van der Waals surface area contributed by atoms with Crippen molar-refractivity contribution in [1.29, 1.82) is 0 Å². The van der Waals surface area contributed by atoms with Crippen LogP contribution in [0.5, 0.6) is 0 Å². The van der Waals surface area contributed by atoms with Gasteiger partial charge in [0.15, 0.2) is 5.96 Å². The van der Waals surface area contributed by atoms with Crippen molar-refractivity contribution in [3.63, 3.8) is 0 Å². The molecule has 1 saturated heterocycles. The zero-order valence-electron chi connectivity index (χ0n) is 17.7. The fourth-order valence-electron chi connectivity index (χ4n) is 3.15. The van der Waals surface area contributed by atoms with Gasteiger partial charge >= 0.3 is 0 Å². The summed E-state index contributed by atoms with van der Waals surface area (Å²) in [4.78, 5) is 11.6. The normalized spacial score (nSPS) is 19.6. The molecule has 2 aliphatic rings. The van der Waals surface area contributed by atoms with Crippen LogP contribution in [0.2, 0.25) is 0 Å². The van der Waals surface area contributed by atoms with E-state index < -0.39 is 0 Å². The van der Waals surface area contributed by atoms with Crippen molar-refractivity contribution in [2.24, 2.45) is 10.9 Å². The number of aromatic nitrogens is 1. The van der Waals surface area contributed by atoms with Gasteiger partial charge in [0.2, 0.25) is 0 Å². The topological polar surface area (TPSA) is 71.0 Å². The first-order valence-electron chi connectivity index (χ1n) is 10.7. The van der Waals surface area contributed by atoms with E-state index in [1.165, 1.54) is 12.8 Å². The van der Waals surface area contributed by atoms with Gasteiger partial charge in [-0.3, -0.25) is 0 Å². The van der Waals surface area contributed by atoms with E-state index >= 15 is 0 Å². The number of nitrogens with one attached hydrogen (secondary N) is 2. The molecule has 1 aromatic rings. The molecule has 7 nitrogen and oxygen atoms in total. The number of anilines is 1. The van der Waals surface area contributed by atoms with Gasteiger partial charge < -0.3 is 25.0 Å². The van der Waals surface area contributed by atoms with Crippen molar-refractivity contribution in [2.45, 2.75) is 45.8 Å². The van der Waals surface area contributed by atoms with Crippen molar-refractivity contribution >= 4 is 35.8 Å². The highest BCUT2D eigenvalue weighted by Gasteiger charge is 2.20. The van der Waals surface area contributed by atoms with E-state index in [0.29, 0.717) is 6.54 Å². The highest BCUT2D eigenvalue weighted by atomic mass is 127. The Morgan fingerprint density at radius 3 is 2.90 bits per heavy atom. The van der Waals surface area contributed by atoms with Gasteiger partial charge in [0.05, 0.1) is 19.3 Å². The second-order valence-corrected chi connectivity index (χ2v) is 7.65. The lowest BCUT2D eigenvalue weighted by molar-refractivity contribution is 0.0529. The smallest absolute Gasteiger partial charge is 0.191 e. The summed E-state index contributed by atoms with van der Waals surface area (Å²) >= 11 is 0. The Kier molecular flexibility index (Phi) is 11.0. The molecule has 0 radical (unpaired) electrons. The predicted octanol–water partition coefficient (Wildman–Crippen LogP) is 2.80. The van der Waals surface area contributed by atoms with E-state index in [9.17, 15) is 0 Å². The zero-order chi connectivity index (χ0) is 19.6. The van der Waals surface area contributed by atoms with Crippen molar-refractivity contribution in [2.75, 3.05) is 50.9 Å². The Balaban J connectivity index is 0.00000300. The van der Waals surface area contributed by atoms with Crippen LogP contribution < -0.4 is 15.5 Å². The minimum atomic E-state index is 0. The van der Waals surface area contributed by atoms with Crippen LogP contribution >= 0.6 is 24.0 Å². The fraction of sp³-hybridized carbons (Fsp3) is 0.714. The van der Waals surface area contributed by atoms with Crippen LogP contribution in [-0.4, -0.2) is 63.0 Å². The predicted molar refractivity (Wildman–Crippen MR) is 128 cm³/mol. The summed E-state index contributed by atoms with van der Waals surface area (Å²) in [7, 11) is 0. The van der Waals surface area contributed by atoms with Crippen LogP contribution in [0, 0.1) is 5.92 Å². The number of ether oxygens (including phenoxy) is 2. The molecule has 1 atom stereocenters. The van der Waals surface area contributed by atoms with Gasteiger partial charge in [-0.25, -0.2) is 9.98 Å². The molecule has 1 saturated carbocycles. The Bertz CT molecular complexity index is 610. The van der Waals surface area contributed by atoms with Crippen molar-refractivity contribution in [1.82, 2.24) is 15.6 Å². The first-order chi connectivity index (χ1) is 13.7. The Morgan fingerprint density at radius 2 is 2.21 bits per heavy atom. The van der Waals surface area contributed by atoms with E-state index in [4.69, 9.17) is 9.47 Å². The average molecular weight is 517 g/mol. The highest BCUT2D eigenvalue weighted by Crippen LogP contribution is 2.28. The van der Waals surface area contributed by atoms with E-state index in [1.54, 1.807) is 0 Å². The lowest BCUT2D eigenvalue weighted by Gasteiger charge is -2.32. The number of nitrogens with zero attached hydrogens (tertiary/aromatic N) is 3. The molecule has 29 heavy (non-hydrogen) atoms. The first kappa shape index (κ1) is 24.1. The molecule has 1 aromatic heterocycles. The maximum absolute atomic E-state index is 5.68. The quantitative estimate of drug-likeness (QED) is 0.215. The number of rotatable bonds is 10. The molecule has 0 amide bonds. The van der Waals surface area contributed by atoms with E-state index in [0.717, 1.165) is 75.7 Å². The summed E-state index contributed by atoms with van der Waals surface area (Å²) < 4.78 is 11.3. The van der Waals surface area contributed by atoms with Gasteiger partial charge in [0, 0.05) is 45.6 Å². The maximum atomic E-state index is 5.68. The van der Waals surface area contributed by atoms with Crippen LogP contribution in [0.25, 0.3) is 0 Å². The van der Waals surface area contributed by atoms with Crippen LogP contribution in [0.3, 0.4) is 0 Å². The van der Waals surface area contributed by atoms with Crippen LogP contribution in [0.1, 0.15) is 38.7 Å². The molecule has 2 heterocycles. The minimum absolute atomic E-state index is 0. The summed E-state index contributed by atoms with van der Waals surface area (Å²) in [5, 5.41) is 6.67. The van der Waals surface area contributed by atoms with Crippen LogP contribution in [0.4, 0.5) is 5.82 Å². The third kappa shape index (κ3) is 9.04. The number of guanidine groups is 1. The van der Waals surface area contributed by atoms with Crippen LogP contribution in [-0.2, 0) is 16.0 Å². The molecule has 8 heteroatoms. The Morgan fingerprint density at radius 1 is 1.34 bits per heavy atom. The summed E-state index contributed by atoms with van der Waals surface area (Å²) in [6, 6.07) is 4.20. The van der Waals surface area contributed by atoms with Gasteiger partial charge in [-0.15, -0.1) is 24.0 Å². The number of hydrogen-bond acceptors (Lipinski definition) is 5. The molecule has 0 aromatic carbocycles. The number of halogens is 1.